The molecule has 3 aromatic heterocycles. The van der Waals surface area contributed by atoms with Crippen LogP contribution in [-0.4, -0.2) is 43.5 Å². The first-order valence-electron chi connectivity index (χ1n) is 8.13. The molecule has 1 aliphatic heterocycles. The molecule has 7 nitrogen and oxygen atoms in total. The number of fused-ring (bicyclic) bond motifs is 1. The Bertz CT molecular complexity index is 870. The maximum atomic E-state index is 5.42. The molecule has 1 aliphatic rings. The van der Waals surface area contributed by atoms with Crippen LogP contribution >= 0.6 is 0 Å². The molecule has 7 heteroatoms. The van der Waals surface area contributed by atoms with E-state index in [0.717, 1.165) is 54.2 Å². The molecule has 126 valence electrons. The van der Waals surface area contributed by atoms with Crippen molar-refractivity contribution < 1.29 is 4.74 Å². The zero-order valence-electron chi connectivity index (χ0n) is 14.0. The molecular formula is C18H18N6O. The lowest BCUT2D eigenvalue weighted by molar-refractivity contribution is 0.239. The van der Waals surface area contributed by atoms with Crippen LogP contribution in [0.1, 0.15) is 16.8 Å². The van der Waals surface area contributed by atoms with E-state index in [2.05, 4.69) is 24.8 Å². The van der Waals surface area contributed by atoms with Crippen LogP contribution in [0.2, 0.25) is 0 Å². The molecule has 0 fully saturated rings. The van der Waals surface area contributed by atoms with Crippen molar-refractivity contribution >= 4 is 0 Å². The van der Waals surface area contributed by atoms with Gasteiger partial charge in [0.25, 0.3) is 0 Å². The molecule has 25 heavy (non-hydrogen) atoms. The summed E-state index contributed by atoms with van der Waals surface area (Å²) in [6.45, 7) is 2.55. The zero-order valence-corrected chi connectivity index (χ0v) is 14.0. The van der Waals surface area contributed by atoms with Gasteiger partial charge in [0.1, 0.15) is 12.1 Å². The van der Waals surface area contributed by atoms with Gasteiger partial charge in [-0.1, -0.05) is 0 Å². The van der Waals surface area contributed by atoms with Crippen LogP contribution in [0.3, 0.4) is 0 Å². The number of methoxy groups -OCH3 is 1. The van der Waals surface area contributed by atoms with E-state index in [1.165, 1.54) is 6.33 Å². The van der Waals surface area contributed by atoms with Crippen molar-refractivity contribution in [3.63, 3.8) is 0 Å². The molecular weight excluding hydrogens is 316 g/mol. The lowest BCUT2D eigenvalue weighted by Crippen LogP contribution is -2.31. The highest BCUT2D eigenvalue weighted by atomic mass is 16.5. The highest BCUT2D eigenvalue weighted by Crippen LogP contribution is 2.24. The summed E-state index contributed by atoms with van der Waals surface area (Å²) in [5.74, 6) is 1.55. The second-order valence-electron chi connectivity index (χ2n) is 5.94. The van der Waals surface area contributed by atoms with Crippen LogP contribution < -0.4 is 4.74 Å². The molecule has 0 spiro atoms. The minimum atomic E-state index is 0.682. The summed E-state index contributed by atoms with van der Waals surface area (Å²) in [7, 11) is 1.69. The fourth-order valence-electron chi connectivity index (χ4n) is 3.04. The Morgan fingerprint density at radius 2 is 2.00 bits per heavy atom. The van der Waals surface area contributed by atoms with Gasteiger partial charge in [0, 0.05) is 68.2 Å². The predicted molar refractivity (Wildman–Crippen MR) is 91.7 cm³/mol. The van der Waals surface area contributed by atoms with Gasteiger partial charge in [-0.25, -0.2) is 19.9 Å². The molecule has 0 radical (unpaired) electrons. The fourth-order valence-corrected chi connectivity index (χ4v) is 3.04. The normalized spacial score (nSPS) is 14.1. The van der Waals surface area contributed by atoms with E-state index < -0.39 is 0 Å². The van der Waals surface area contributed by atoms with Gasteiger partial charge < -0.3 is 4.74 Å². The largest absolute Gasteiger partial charge is 0.496 e. The topological polar surface area (TPSA) is 76.9 Å². The van der Waals surface area contributed by atoms with E-state index in [-0.39, 0.29) is 0 Å². The highest BCUT2D eigenvalue weighted by Gasteiger charge is 2.20. The average Bonchev–Trinajstić information content (AvgIpc) is 2.68. The van der Waals surface area contributed by atoms with Crippen LogP contribution in [0.5, 0.6) is 5.75 Å². The SMILES string of the molecule is COc1ccncc1CN1CCc2nc(-c3cncnc3)ncc2C1. The van der Waals surface area contributed by atoms with Gasteiger partial charge in [0.2, 0.25) is 0 Å². The molecule has 0 N–H and O–H groups in total. The van der Waals surface area contributed by atoms with Gasteiger partial charge in [-0.15, -0.1) is 0 Å². The molecule has 0 atom stereocenters. The predicted octanol–water partition coefficient (Wildman–Crippen LogP) is 1.90. The molecule has 0 saturated carbocycles. The second kappa shape index (κ2) is 6.90. The van der Waals surface area contributed by atoms with E-state index in [0.29, 0.717) is 5.82 Å². The summed E-state index contributed by atoms with van der Waals surface area (Å²) in [5, 5.41) is 0. The lowest BCUT2D eigenvalue weighted by atomic mass is 10.1. The highest BCUT2D eigenvalue weighted by molar-refractivity contribution is 5.52. The Morgan fingerprint density at radius 3 is 2.84 bits per heavy atom. The summed E-state index contributed by atoms with van der Waals surface area (Å²) in [5.41, 5.74) is 4.19. The standard InChI is InChI=1S/C18H18N6O/c1-25-17-2-4-19-8-15(17)11-24-5-3-16-14(10-24)9-22-18(23-16)13-6-20-12-21-7-13/h2,4,6-9,12H,3,5,10-11H2,1H3. The van der Waals surface area contributed by atoms with Crippen molar-refractivity contribution in [1.29, 1.82) is 0 Å². The molecule has 0 unspecified atom stereocenters. The summed E-state index contributed by atoms with van der Waals surface area (Å²) < 4.78 is 5.42. The van der Waals surface area contributed by atoms with Crippen LogP contribution in [0.15, 0.2) is 43.4 Å². The Hall–Kier alpha value is -2.93. The smallest absolute Gasteiger partial charge is 0.162 e. The van der Waals surface area contributed by atoms with E-state index in [1.54, 1.807) is 25.7 Å². The van der Waals surface area contributed by atoms with E-state index >= 15 is 0 Å². The Kier molecular flexibility index (Phi) is 4.30. The molecule has 0 aliphatic carbocycles. The Morgan fingerprint density at radius 1 is 1.12 bits per heavy atom. The minimum absolute atomic E-state index is 0.682. The van der Waals surface area contributed by atoms with Crippen molar-refractivity contribution in [3.05, 3.63) is 60.2 Å². The fraction of sp³-hybridized carbons (Fsp3) is 0.278. The van der Waals surface area contributed by atoms with Gasteiger partial charge in [-0.3, -0.25) is 9.88 Å². The van der Waals surface area contributed by atoms with Gasteiger partial charge in [0.15, 0.2) is 5.82 Å². The first-order valence-corrected chi connectivity index (χ1v) is 8.13. The maximum absolute atomic E-state index is 5.42. The third-order valence-electron chi connectivity index (χ3n) is 4.30. The third-order valence-corrected chi connectivity index (χ3v) is 4.30. The van der Waals surface area contributed by atoms with Gasteiger partial charge in [0.05, 0.1) is 18.4 Å². The minimum Gasteiger partial charge on any atom is -0.496 e. The zero-order chi connectivity index (χ0) is 17.1. The molecule has 0 bridgehead atoms. The van der Waals surface area contributed by atoms with Crippen molar-refractivity contribution in [2.24, 2.45) is 0 Å². The number of nitrogens with zero attached hydrogens (tertiary/aromatic N) is 6. The number of pyridine rings is 1. The van der Waals surface area contributed by atoms with Gasteiger partial charge in [-0.2, -0.15) is 0 Å². The average molecular weight is 334 g/mol. The van der Waals surface area contributed by atoms with E-state index in [4.69, 9.17) is 9.72 Å². The molecule has 0 amide bonds. The third kappa shape index (κ3) is 3.32. The van der Waals surface area contributed by atoms with Crippen molar-refractivity contribution in [2.45, 2.75) is 19.5 Å². The van der Waals surface area contributed by atoms with E-state index in [1.807, 2.05) is 18.5 Å². The number of rotatable bonds is 4. The first kappa shape index (κ1) is 15.6. The quantitative estimate of drug-likeness (QED) is 0.721. The molecule has 0 saturated heterocycles. The number of hydrogen-bond acceptors (Lipinski definition) is 7. The number of hydrogen-bond donors (Lipinski definition) is 0. The van der Waals surface area contributed by atoms with Crippen LogP contribution in [0.25, 0.3) is 11.4 Å². The summed E-state index contributed by atoms with van der Waals surface area (Å²) >= 11 is 0. The van der Waals surface area contributed by atoms with Crippen molar-refractivity contribution in [3.8, 4) is 17.1 Å². The van der Waals surface area contributed by atoms with Crippen LogP contribution in [-0.2, 0) is 19.5 Å². The number of aromatic nitrogens is 5. The monoisotopic (exact) mass is 334 g/mol. The Balaban J connectivity index is 1.52. The van der Waals surface area contributed by atoms with Gasteiger partial charge >= 0.3 is 0 Å². The number of ether oxygens (including phenoxy) is 1. The Labute approximate surface area is 145 Å². The summed E-state index contributed by atoms with van der Waals surface area (Å²) in [4.78, 5) is 23.8. The van der Waals surface area contributed by atoms with Crippen molar-refractivity contribution in [1.82, 2.24) is 29.8 Å². The van der Waals surface area contributed by atoms with Crippen LogP contribution in [0, 0.1) is 0 Å². The molecule has 0 aromatic carbocycles. The van der Waals surface area contributed by atoms with Crippen molar-refractivity contribution in [2.75, 3.05) is 13.7 Å². The molecule has 4 rings (SSSR count). The maximum Gasteiger partial charge on any atom is 0.162 e. The molecule has 3 aromatic rings. The summed E-state index contributed by atoms with van der Waals surface area (Å²) in [6, 6.07) is 1.89. The van der Waals surface area contributed by atoms with Crippen LogP contribution in [0.4, 0.5) is 0 Å². The van der Waals surface area contributed by atoms with E-state index in [9.17, 15) is 0 Å². The summed E-state index contributed by atoms with van der Waals surface area (Å²) in [6.07, 6.45) is 11.4. The second-order valence-corrected chi connectivity index (χ2v) is 5.94. The van der Waals surface area contributed by atoms with Gasteiger partial charge in [-0.05, 0) is 6.07 Å². The lowest BCUT2D eigenvalue weighted by Gasteiger charge is -2.28. The first-order chi connectivity index (χ1) is 12.3. The molecule has 4 heterocycles.